The van der Waals surface area contributed by atoms with E-state index in [2.05, 4.69) is 15.3 Å². The van der Waals surface area contributed by atoms with Crippen LogP contribution in [0.25, 0.3) is 0 Å². The average Bonchev–Trinajstić information content (AvgIpc) is 3.79. The van der Waals surface area contributed by atoms with Gasteiger partial charge in [-0.25, -0.2) is 0 Å². The molecule has 0 aromatic heterocycles. The highest BCUT2D eigenvalue weighted by Gasteiger charge is 2.49. The first-order valence-electron chi connectivity index (χ1n) is 15.0. The first kappa shape index (κ1) is 33.1. The molecule has 2 aromatic carbocycles. The number of esters is 1. The zero-order valence-corrected chi connectivity index (χ0v) is 24.9. The topological polar surface area (TPSA) is 100 Å². The fraction of sp³-hybridized carbons (Fsp3) is 0.469. The fourth-order valence-corrected chi connectivity index (χ4v) is 6.29. The summed E-state index contributed by atoms with van der Waals surface area (Å²) in [6.07, 6.45) is -2.22. The minimum atomic E-state index is -4.44. The molecule has 14 heteroatoms. The maximum absolute atomic E-state index is 12.9. The van der Waals surface area contributed by atoms with Gasteiger partial charge in [-0.15, -0.1) is 0 Å². The second-order valence-corrected chi connectivity index (χ2v) is 11.6. The van der Waals surface area contributed by atoms with Crippen LogP contribution in [-0.4, -0.2) is 58.6 Å². The highest BCUT2D eigenvalue weighted by Crippen LogP contribution is 2.41. The molecule has 246 valence electrons. The number of rotatable bonds is 5. The van der Waals surface area contributed by atoms with Crippen molar-refractivity contribution in [2.24, 2.45) is 9.98 Å². The summed E-state index contributed by atoms with van der Waals surface area (Å²) >= 11 is 0. The van der Waals surface area contributed by atoms with Gasteiger partial charge in [-0.1, -0.05) is 24.3 Å². The number of benzene rings is 2. The minimum absolute atomic E-state index is 0.102. The van der Waals surface area contributed by atoms with Crippen LogP contribution in [0.15, 0.2) is 58.5 Å². The number of alkyl halides is 6. The summed E-state index contributed by atoms with van der Waals surface area (Å²) in [7, 11) is 0. The van der Waals surface area contributed by atoms with E-state index in [1.165, 1.54) is 29.2 Å². The molecule has 4 aliphatic rings. The summed E-state index contributed by atoms with van der Waals surface area (Å²) in [6, 6.07) is 8.91. The summed E-state index contributed by atoms with van der Waals surface area (Å²) < 4.78 is 80.7. The molecule has 8 nitrogen and oxygen atoms in total. The number of amides is 2. The van der Waals surface area contributed by atoms with Crippen molar-refractivity contribution in [3.63, 3.8) is 0 Å². The summed E-state index contributed by atoms with van der Waals surface area (Å²) in [5.74, 6) is -1.26. The molecule has 2 aromatic rings. The molecule has 0 atom stereocenters. The summed E-state index contributed by atoms with van der Waals surface area (Å²) in [6.45, 7) is 1.68. The first-order valence-corrected chi connectivity index (χ1v) is 15.0. The monoisotopic (exact) mass is 650 g/mol. The van der Waals surface area contributed by atoms with Gasteiger partial charge < -0.3 is 15.0 Å². The fourth-order valence-electron chi connectivity index (χ4n) is 6.29. The van der Waals surface area contributed by atoms with Gasteiger partial charge in [0.1, 0.15) is 29.3 Å². The third kappa shape index (κ3) is 6.80. The number of hydrogen-bond acceptors (Lipinski definition) is 6. The van der Waals surface area contributed by atoms with Crippen molar-refractivity contribution in [3.8, 4) is 0 Å². The van der Waals surface area contributed by atoms with Crippen molar-refractivity contribution in [2.75, 3.05) is 13.2 Å². The Morgan fingerprint density at radius 2 is 1.26 bits per heavy atom. The van der Waals surface area contributed by atoms with Crippen molar-refractivity contribution < 1.29 is 45.5 Å². The van der Waals surface area contributed by atoms with Crippen molar-refractivity contribution in [2.45, 2.75) is 82.0 Å². The highest BCUT2D eigenvalue weighted by molar-refractivity contribution is 6.47. The predicted octanol–water partition coefficient (Wildman–Crippen LogP) is 6.06. The molecular formula is C32H32F6N4O4. The van der Waals surface area contributed by atoms with Crippen LogP contribution in [0.5, 0.6) is 0 Å². The van der Waals surface area contributed by atoms with E-state index in [-0.39, 0.29) is 30.5 Å². The molecule has 46 heavy (non-hydrogen) atoms. The Bertz CT molecular complexity index is 1540. The van der Waals surface area contributed by atoms with Crippen LogP contribution in [0.2, 0.25) is 0 Å². The molecule has 2 heterocycles. The number of carbonyl (C=O) groups is 3. The summed E-state index contributed by atoms with van der Waals surface area (Å²) in [4.78, 5) is 47.1. The number of nitrogens with zero attached hydrogens (tertiary/aromatic N) is 3. The van der Waals surface area contributed by atoms with Crippen LogP contribution in [0.1, 0.15) is 80.5 Å². The van der Waals surface area contributed by atoms with Crippen molar-refractivity contribution >= 4 is 29.2 Å². The maximum atomic E-state index is 12.9. The molecular weight excluding hydrogens is 618 g/mol. The second kappa shape index (κ2) is 12.5. The molecule has 2 aliphatic carbocycles. The Morgan fingerprint density at radius 1 is 0.783 bits per heavy atom. The highest BCUT2D eigenvalue weighted by atomic mass is 19.4. The maximum Gasteiger partial charge on any atom is 0.416 e. The summed E-state index contributed by atoms with van der Waals surface area (Å²) in [5.41, 5.74) is -1.73. The van der Waals surface area contributed by atoms with E-state index < -0.39 is 46.7 Å². The molecule has 1 N–H and O–H groups in total. The Morgan fingerprint density at radius 3 is 1.74 bits per heavy atom. The van der Waals surface area contributed by atoms with Gasteiger partial charge in [-0.2, -0.15) is 26.3 Å². The molecule has 6 rings (SSSR count). The van der Waals surface area contributed by atoms with Crippen molar-refractivity contribution in [1.82, 2.24) is 10.2 Å². The third-order valence-electron chi connectivity index (χ3n) is 8.56. The van der Waals surface area contributed by atoms with Gasteiger partial charge in [0.15, 0.2) is 0 Å². The minimum Gasteiger partial charge on any atom is -0.465 e. The standard InChI is InChI=1S/C18H19F3N2O3.C14H13F3N2O/c1-2-26-14(24)11-23-16(25)15(22-17(23)9-3-4-10-17)12-5-7-13(8-6-12)18(19,20)21;15-14(16,17)10-5-3-9(4-6-10)11-12(20)19-13(18-11)7-1-2-8-13/h5-8H,2-4,9-11H2,1H3;3-6H,1-2,7-8H2,(H,19,20). The van der Waals surface area contributed by atoms with E-state index in [0.717, 1.165) is 62.8 Å². The van der Waals surface area contributed by atoms with Crippen LogP contribution >= 0.6 is 0 Å². The van der Waals surface area contributed by atoms with Gasteiger partial charge in [0.25, 0.3) is 11.8 Å². The number of aliphatic imine (C=N–C) groups is 2. The lowest BCUT2D eigenvalue weighted by Gasteiger charge is -2.31. The Balaban J connectivity index is 0.000000187. The second-order valence-electron chi connectivity index (χ2n) is 11.6. The Labute approximate surface area is 260 Å². The van der Waals surface area contributed by atoms with Gasteiger partial charge >= 0.3 is 18.3 Å². The number of nitrogens with one attached hydrogen (secondary N) is 1. The number of halogens is 6. The molecule has 2 amide bonds. The van der Waals surface area contributed by atoms with E-state index in [1.807, 2.05) is 0 Å². The molecule has 2 saturated carbocycles. The quantitative estimate of drug-likeness (QED) is 0.314. The van der Waals surface area contributed by atoms with Crippen molar-refractivity contribution in [3.05, 3.63) is 70.8 Å². The van der Waals surface area contributed by atoms with E-state index in [9.17, 15) is 40.7 Å². The lowest BCUT2D eigenvalue weighted by molar-refractivity contribution is -0.149. The van der Waals surface area contributed by atoms with Crippen LogP contribution in [0.3, 0.4) is 0 Å². The molecule has 0 radical (unpaired) electrons. The molecule has 0 unspecified atom stereocenters. The van der Waals surface area contributed by atoms with E-state index in [4.69, 9.17) is 4.74 Å². The lowest BCUT2D eigenvalue weighted by Crippen LogP contribution is -2.48. The van der Waals surface area contributed by atoms with Gasteiger partial charge in [-0.3, -0.25) is 24.4 Å². The van der Waals surface area contributed by atoms with Gasteiger partial charge in [0, 0.05) is 11.1 Å². The van der Waals surface area contributed by atoms with Gasteiger partial charge in [0.2, 0.25) is 0 Å². The normalized spacial score (nSPS) is 20.0. The van der Waals surface area contributed by atoms with Gasteiger partial charge in [-0.05, 0) is 82.6 Å². The van der Waals surface area contributed by atoms with Crippen molar-refractivity contribution in [1.29, 1.82) is 0 Å². The molecule has 0 bridgehead atoms. The smallest absolute Gasteiger partial charge is 0.416 e. The molecule has 2 fully saturated rings. The van der Waals surface area contributed by atoms with E-state index in [1.54, 1.807) is 6.92 Å². The predicted molar refractivity (Wildman–Crippen MR) is 155 cm³/mol. The average molecular weight is 651 g/mol. The van der Waals surface area contributed by atoms with Crippen LogP contribution in [0.4, 0.5) is 26.3 Å². The number of ether oxygens (including phenoxy) is 1. The molecule has 0 saturated heterocycles. The van der Waals surface area contributed by atoms with Crippen LogP contribution in [-0.2, 0) is 31.5 Å². The summed E-state index contributed by atoms with van der Waals surface area (Å²) in [5, 5.41) is 2.86. The first-order chi connectivity index (χ1) is 21.7. The number of carbonyl (C=O) groups excluding carboxylic acids is 3. The third-order valence-corrected chi connectivity index (χ3v) is 8.56. The Kier molecular flexibility index (Phi) is 9.02. The van der Waals surface area contributed by atoms with Crippen LogP contribution < -0.4 is 5.32 Å². The lowest BCUT2D eigenvalue weighted by atomic mass is 10.1. The van der Waals surface area contributed by atoms with Crippen LogP contribution in [0, 0.1) is 0 Å². The SMILES string of the molecule is CCOC(=O)CN1C(=O)C(c2ccc(C(F)(F)F)cc2)=NC12CCCC2.O=C1NC2(CCCC2)N=C1c1ccc(C(F)(F)F)cc1. The largest absolute Gasteiger partial charge is 0.465 e. The Hall–Kier alpha value is -4.23. The zero-order chi connectivity index (χ0) is 33.3. The van der Waals surface area contributed by atoms with E-state index in [0.29, 0.717) is 24.0 Å². The molecule has 2 aliphatic heterocycles. The molecule has 2 spiro atoms. The zero-order valence-electron chi connectivity index (χ0n) is 24.9. The number of hydrogen-bond donors (Lipinski definition) is 1. The van der Waals surface area contributed by atoms with Gasteiger partial charge in [0.05, 0.1) is 17.7 Å². The van der Waals surface area contributed by atoms with E-state index >= 15 is 0 Å².